The Labute approximate surface area is 149 Å². The summed E-state index contributed by atoms with van der Waals surface area (Å²) in [5.41, 5.74) is 3.90. The molecular weight excluding hydrogens is 314 g/mol. The van der Waals surface area contributed by atoms with E-state index in [0.717, 1.165) is 64.5 Å². The van der Waals surface area contributed by atoms with Gasteiger partial charge in [-0.25, -0.2) is 0 Å². The fraction of sp³-hybridized carbons (Fsp3) is 0.632. The predicted molar refractivity (Wildman–Crippen MR) is 97.1 cm³/mol. The molecule has 25 heavy (non-hydrogen) atoms. The van der Waals surface area contributed by atoms with Crippen molar-refractivity contribution in [3.8, 4) is 0 Å². The summed E-state index contributed by atoms with van der Waals surface area (Å²) in [5.74, 6) is 0.466. The van der Waals surface area contributed by atoms with Crippen molar-refractivity contribution in [2.75, 3.05) is 32.8 Å². The highest BCUT2D eigenvalue weighted by atomic mass is 16.3. The van der Waals surface area contributed by atoms with Gasteiger partial charge < -0.3 is 14.6 Å². The molecule has 0 spiro atoms. The molecule has 4 heterocycles. The van der Waals surface area contributed by atoms with Crippen molar-refractivity contribution in [1.82, 2.24) is 24.1 Å². The summed E-state index contributed by atoms with van der Waals surface area (Å²) in [6.07, 6.45) is 5.52. The number of aromatic nitrogens is 3. The summed E-state index contributed by atoms with van der Waals surface area (Å²) in [5, 5.41) is 14.0. The summed E-state index contributed by atoms with van der Waals surface area (Å²) < 4.78 is 4.45. The van der Waals surface area contributed by atoms with Crippen LogP contribution in [0, 0.1) is 12.8 Å². The van der Waals surface area contributed by atoms with Gasteiger partial charge in [0.15, 0.2) is 0 Å². The summed E-state index contributed by atoms with van der Waals surface area (Å²) in [6, 6.07) is 4.36. The van der Waals surface area contributed by atoms with Crippen LogP contribution in [-0.4, -0.2) is 62.0 Å². The van der Waals surface area contributed by atoms with Gasteiger partial charge in [0.25, 0.3) is 0 Å². The number of rotatable bonds is 6. The Morgan fingerprint density at radius 3 is 2.96 bits per heavy atom. The molecule has 6 nitrogen and oxygen atoms in total. The Kier molecular flexibility index (Phi) is 4.92. The van der Waals surface area contributed by atoms with E-state index >= 15 is 0 Å². The Balaban J connectivity index is 1.31. The normalized spacial score (nSPS) is 21.8. The third-order valence-electron chi connectivity index (χ3n) is 5.68. The average Bonchev–Trinajstić information content (AvgIpc) is 3.33. The number of hydrogen-bond donors (Lipinski definition) is 1. The van der Waals surface area contributed by atoms with Crippen molar-refractivity contribution in [1.29, 1.82) is 0 Å². The van der Waals surface area contributed by atoms with Gasteiger partial charge in [-0.05, 0) is 37.9 Å². The van der Waals surface area contributed by atoms with E-state index in [0.29, 0.717) is 12.5 Å². The number of aliphatic hydroxyl groups is 1. The van der Waals surface area contributed by atoms with E-state index in [-0.39, 0.29) is 0 Å². The van der Waals surface area contributed by atoms with Gasteiger partial charge in [-0.2, -0.15) is 5.10 Å². The molecule has 1 fully saturated rings. The lowest BCUT2D eigenvalue weighted by molar-refractivity contribution is 0.212. The number of aryl methyl sites for hydroxylation is 1. The summed E-state index contributed by atoms with van der Waals surface area (Å²) >= 11 is 0. The lowest BCUT2D eigenvalue weighted by atomic mass is 10.1. The second kappa shape index (κ2) is 7.32. The third-order valence-corrected chi connectivity index (χ3v) is 5.68. The van der Waals surface area contributed by atoms with E-state index in [2.05, 4.69) is 50.5 Å². The maximum absolute atomic E-state index is 9.26. The molecule has 0 aliphatic carbocycles. The second-order valence-electron chi connectivity index (χ2n) is 7.54. The molecule has 0 aromatic carbocycles. The Hall–Kier alpha value is -1.63. The number of aliphatic hydroxyl groups excluding tert-OH is 1. The molecule has 1 N–H and O–H groups in total. The van der Waals surface area contributed by atoms with Crippen LogP contribution >= 0.6 is 0 Å². The number of hydrogen-bond acceptors (Lipinski definition) is 4. The first-order valence-electron chi connectivity index (χ1n) is 9.44. The highest BCUT2D eigenvalue weighted by molar-refractivity contribution is 5.16. The molecule has 0 amide bonds. The van der Waals surface area contributed by atoms with E-state index in [1.54, 1.807) is 0 Å². The van der Waals surface area contributed by atoms with Crippen LogP contribution in [0.4, 0.5) is 0 Å². The van der Waals surface area contributed by atoms with E-state index in [1.165, 1.54) is 11.3 Å². The van der Waals surface area contributed by atoms with Gasteiger partial charge in [-0.15, -0.1) is 0 Å². The van der Waals surface area contributed by atoms with Gasteiger partial charge in [-0.1, -0.05) is 0 Å². The minimum atomic E-state index is 0.320. The molecule has 2 aliphatic heterocycles. The van der Waals surface area contributed by atoms with Gasteiger partial charge in [0.2, 0.25) is 0 Å². The van der Waals surface area contributed by atoms with E-state index in [4.69, 9.17) is 5.10 Å². The minimum absolute atomic E-state index is 0.320. The van der Waals surface area contributed by atoms with Crippen molar-refractivity contribution >= 4 is 0 Å². The summed E-state index contributed by atoms with van der Waals surface area (Å²) in [4.78, 5) is 4.95. The smallest absolute Gasteiger partial charge is 0.0638 e. The van der Waals surface area contributed by atoms with Crippen LogP contribution in [0.2, 0.25) is 0 Å². The fourth-order valence-corrected chi connectivity index (χ4v) is 4.08. The number of nitrogens with zero attached hydrogens (tertiary/aromatic N) is 5. The van der Waals surface area contributed by atoms with E-state index in [9.17, 15) is 5.11 Å². The summed E-state index contributed by atoms with van der Waals surface area (Å²) in [6.45, 7) is 10.7. The standard InChI is InChI=1S/C19H29N5O/c1-16-18(12-22-7-9-23-5-2-3-19(23)14-22)13-24(20-16)10-8-21-6-4-17(11-21)15-25/h2-3,5,13,17,25H,4,6-12,14-15H2,1H3/t17-/m0/s1. The molecule has 136 valence electrons. The quantitative estimate of drug-likeness (QED) is 0.860. The monoisotopic (exact) mass is 343 g/mol. The molecule has 0 radical (unpaired) electrons. The maximum atomic E-state index is 9.26. The van der Waals surface area contributed by atoms with Crippen molar-refractivity contribution in [2.24, 2.45) is 5.92 Å². The maximum Gasteiger partial charge on any atom is 0.0638 e. The molecule has 1 atom stereocenters. The molecule has 2 aliphatic rings. The van der Waals surface area contributed by atoms with Crippen molar-refractivity contribution in [3.63, 3.8) is 0 Å². The molecule has 2 aromatic rings. The third kappa shape index (κ3) is 3.81. The zero-order valence-corrected chi connectivity index (χ0v) is 15.1. The Morgan fingerprint density at radius 2 is 2.12 bits per heavy atom. The molecule has 6 heteroatoms. The summed E-state index contributed by atoms with van der Waals surface area (Å²) in [7, 11) is 0. The minimum Gasteiger partial charge on any atom is -0.396 e. The van der Waals surface area contributed by atoms with Gasteiger partial charge in [0.1, 0.15) is 0 Å². The predicted octanol–water partition coefficient (Wildman–Crippen LogP) is 1.32. The topological polar surface area (TPSA) is 49.5 Å². The zero-order chi connectivity index (χ0) is 17.2. The lowest BCUT2D eigenvalue weighted by Gasteiger charge is -2.28. The van der Waals surface area contributed by atoms with Crippen LogP contribution in [0.15, 0.2) is 24.5 Å². The van der Waals surface area contributed by atoms with Crippen LogP contribution in [0.3, 0.4) is 0 Å². The Morgan fingerprint density at radius 1 is 1.20 bits per heavy atom. The van der Waals surface area contributed by atoms with Crippen molar-refractivity contribution in [2.45, 2.75) is 39.5 Å². The molecule has 2 aromatic heterocycles. The van der Waals surface area contributed by atoms with Gasteiger partial charge in [0.05, 0.1) is 12.2 Å². The average molecular weight is 343 g/mol. The first kappa shape index (κ1) is 16.8. The molecule has 0 saturated carbocycles. The van der Waals surface area contributed by atoms with Crippen LogP contribution in [0.1, 0.15) is 23.4 Å². The van der Waals surface area contributed by atoms with Crippen LogP contribution in [0.25, 0.3) is 0 Å². The molecule has 0 bridgehead atoms. The van der Waals surface area contributed by atoms with Crippen LogP contribution < -0.4 is 0 Å². The van der Waals surface area contributed by atoms with E-state index < -0.39 is 0 Å². The van der Waals surface area contributed by atoms with Gasteiger partial charge in [0, 0.05) is 69.5 Å². The first-order valence-corrected chi connectivity index (χ1v) is 9.44. The Bertz CT molecular complexity index is 706. The first-order chi connectivity index (χ1) is 12.2. The van der Waals surface area contributed by atoms with Gasteiger partial charge in [-0.3, -0.25) is 9.58 Å². The highest BCUT2D eigenvalue weighted by Gasteiger charge is 2.21. The molecular formula is C19H29N5O. The number of likely N-dealkylation sites (tertiary alicyclic amines) is 1. The van der Waals surface area contributed by atoms with Crippen LogP contribution in [-0.2, 0) is 26.2 Å². The van der Waals surface area contributed by atoms with Crippen molar-refractivity contribution in [3.05, 3.63) is 41.5 Å². The van der Waals surface area contributed by atoms with Gasteiger partial charge >= 0.3 is 0 Å². The fourth-order valence-electron chi connectivity index (χ4n) is 4.08. The largest absolute Gasteiger partial charge is 0.396 e. The van der Waals surface area contributed by atoms with Crippen molar-refractivity contribution < 1.29 is 5.11 Å². The lowest BCUT2D eigenvalue weighted by Crippen LogP contribution is -2.32. The second-order valence-corrected chi connectivity index (χ2v) is 7.54. The highest BCUT2D eigenvalue weighted by Crippen LogP contribution is 2.18. The number of fused-ring (bicyclic) bond motifs is 1. The zero-order valence-electron chi connectivity index (χ0n) is 15.1. The molecule has 1 saturated heterocycles. The molecule has 4 rings (SSSR count). The molecule has 0 unspecified atom stereocenters. The SMILES string of the molecule is Cc1nn(CCN2CC[C@H](CO)C2)cc1CN1CCn2cccc2C1. The van der Waals surface area contributed by atoms with E-state index in [1.807, 2.05) is 0 Å². The van der Waals surface area contributed by atoms with Crippen LogP contribution in [0.5, 0.6) is 0 Å².